The van der Waals surface area contributed by atoms with E-state index in [-0.39, 0.29) is 17.6 Å². The molecule has 4 aliphatic carbocycles. The van der Waals surface area contributed by atoms with Crippen LogP contribution in [0.2, 0.25) is 0 Å². The molecule has 2 aliphatic heterocycles. The summed E-state index contributed by atoms with van der Waals surface area (Å²) in [6, 6.07) is 0.693. The standard InChI is InChI=1S/C29H52N4O2/c1-28-8-7-22-21(23(28)18-24(27(28)35)32-13-9-30(3)10-14-32)6-5-20-17-26(34)25(19-29(20,22)2)33-15-11-31(4)12-16-33/h20-27,34-35H,5-19H2,1-4H3/t20-,21+,22-,23-,24+,25-,26+,27+,28-,29-/m0/s1. The van der Waals surface area contributed by atoms with Gasteiger partial charge in [0.05, 0.1) is 12.2 Å². The molecule has 35 heavy (non-hydrogen) atoms. The van der Waals surface area contributed by atoms with Gasteiger partial charge in [-0.1, -0.05) is 13.8 Å². The molecule has 0 bridgehead atoms. The van der Waals surface area contributed by atoms with Crippen molar-refractivity contribution in [2.75, 3.05) is 66.5 Å². The van der Waals surface area contributed by atoms with E-state index in [1.165, 1.54) is 38.5 Å². The highest BCUT2D eigenvalue weighted by atomic mass is 16.3. The summed E-state index contributed by atoms with van der Waals surface area (Å²) in [5, 5.41) is 23.0. The van der Waals surface area contributed by atoms with Crippen LogP contribution in [-0.2, 0) is 0 Å². The Hall–Kier alpha value is -0.240. The fourth-order valence-electron chi connectivity index (χ4n) is 10.3. The molecule has 0 amide bonds. The number of hydrogen-bond acceptors (Lipinski definition) is 6. The molecule has 200 valence electrons. The lowest BCUT2D eigenvalue weighted by molar-refractivity contribution is -0.155. The summed E-state index contributed by atoms with van der Waals surface area (Å²) in [7, 11) is 4.45. The number of hydrogen-bond donors (Lipinski definition) is 2. The predicted octanol–water partition coefficient (Wildman–Crippen LogP) is 2.20. The van der Waals surface area contributed by atoms with Gasteiger partial charge in [-0.2, -0.15) is 0 Å². The second-order valence-corrected chi connectivity index (χ2v) is 14.2. The van der Waals surface area contributed by atoms with Gasteiger partial charge in [0.1, 0.15) is 0 Å². The number of fused-ring (bicyclic) bond motifs is 5. The quantitative estimate of drug-likeness (QED) is 0.622. The maximum absolute atomic E-state index is 11.7. The molecule has 0 aromatic rings. The van der Waals surface area contributed by atoms with E-state index < -0.39 is 0 Å². The maximum Gasteiger partial charge on any atom is 0.0751 e. The molecule has 0 aromatic carbocycles. The Morgan fingerprint density at radius 3 is 1.89 bits per heavy atom. The summed E-state index contributed by atoms with van der Waals surface area (Å²) in [5.74, 6) is 2.85. The molecule has 2 heterocycles. The molecule has 6 nitrogen and oxygen atoms in total. The van der Waals surface area contributed by atoms with Gasteiger partial charge in [-0.3, -0.25) is 9.80 Å². The van der Waals surface area contributed by atoms with E-state index in [4.69, 9.17) is 0 Å². The summed E-state index contributed by atoms with van der Waals surface area (Å²) in [4.78, 5) is 10.1. The van der Waals surface area contributed by atoms with E-state index in [2.05, 4.69) is 47.5 Å². The van der Waals surface area contributed by atoms with Gasteiger partial charge in [0.2, 0.25) is 0 Å². The Bertz CT molecular complexity index is 766. The van der Waals surface area contributed by atoms with Gasteiger partial charge in [0.25, 0.3) is 0 Å². The average Bonchev–Trinajstić information content (AvgIpc) is 3.11. The summed E-state index contributed by atoms with van der Waals surface area (Å²) in [5.41, 5.74) is 0.428. The molecule has 6 aliphatic rings. The van der Waals surface area contributed by atoms with Crippen molar-refractivity contribution in [3.05, 3.63) is 0 Å². The molecular formula is C29H52N4O2. The fraction of sp³-hybridized carbons (Fsp3) is 1.00. The minimum Gasteiger partial charge on any atom is -0.391 e. The van der Waals surface area contributed by atoms with Gasteiger partial charge < -0.3 is 20.0 Å². The highest BCUT2D eigenvalue weighted by Gasteiger charge is 2.63. The van der Waals surface area contributed by atoms with Crippen LogP contribution in [-0.4, -0.2) is 121 Å². The molecule has 4 saturated carbocycles. The van der Waals surface area contributed by atoms with Gasteiger partial charge in [0.15, 0.2) is 0 Å². The third-order valence-corrected chi connectivity index (χ3v) is 12.7. The number of aliphatic hydroxyl groups excluding tert-OH is 2. The lowest BCUT2D eigenvalue weighted by Crippen LogP contribution is -2.61. The first-order chi connectivity index (χ1) is 16.7. The van der Waals surface area contributed by atoms with Crippen LogP contribution in [0.3, 0.4) is 0 Å². The van der Waals surface area contributed by atoms with Crippen molar-refractivity contribution in [1.82, 2.24) is 19.6 Å². The zero-order valence-corrected chi connectivity index (χ0v) is 22.9. The van der Waals surface area contributed by atoms with Gasteiger partial charge in [0, 0.05) is 64.4 Å². The molecule has 2 N–H and O–H groups in total. The zero-order valence-electron chi connectivity index (χ0n) is 22.9. The second-order valence-electron chi connectivity index (χ2n) is 14.2. The van der Waals surface area contributed by atoms with E-state index in [9.17, 15) is 10.2 Å². The lowest BCUT2D eigenvalue weighted by Gasteiger charge is -2.62. The molecule has 6 heteroatoms. The Balaban J connectivity index is 1.21. The van der Waals surface area contributed by atoms with Crippen LogP contribution in [0.15, 0.2) is 0 Å². The van der Waals surface area contributed by atoms with Crippen LogP contribution >= 0.6 is 0 Å². The third-order valence-electron chi connectivity index (χ3n) is 12.7. The van der Waals surface area contributed by atoms with Crippen LogP contribution < -0.4 is 0 Å². The van der Waals surface area contributed by atoms with Crippen molar-refractivity contribution >= 4 is 0 Å². The first kappa shape index (κ1) is 25.1. The lowest BCUT2D eigenvalue weighted by atomic mass is 9.44. The topological polar surface area (TPSA) is 53.4 Å². The van der Waals surface area contributed by atoms with Gasteiger partial charge in [-0.15, -0.1) is 0 Å². The molecule has 0 spiro atoms. The second kappa shape index (κ2) is 9.20. The summed E-state index contributed by atoms with van der Waals surface area (Å²) < 4.78 is 0. The average molecular weight is 489 g/mol. The van der Waals surface area contributed by atoms with Crippen molar-refractivity contribution in [2.45, 2.75) is 83.1 Å². The van der Waals surface area contributed by atoms with E-state index >= 15 is 0 Å². The first-order valence-electron chi connectivity index (χ1n) is 14.9. The van der Waals surface area contributed by atoms with Crippen LogP contribution in [0.1, 0.15) is 58.8 Å². The third kappa shape index (κ3) is 4.04. The Labute approximate surface area is 214 Å². The van der Waals surface area contributed by atoms with Gasteiger partial charge >= 0.3 is 0 Å². The van der Waals surface area contributed by atoms with E-state index in [1.807, 2.05) is 0 Å². The molecular weight excluding hydrogens is 436 g/mol. The van der Waals surface area contributed by atoms with Gasteiger partial charge in [-0.05, 0) is 93.5 Å². The van der Waals surface area contributed by atoms with Crippen molar-refractivity contribution in [3.8, 4) is 0 Å². The largest absolute Gasteiger partial charge is 0.391 e. The van der Waals surface area contributed by atoms with Crippen molar-refractivity contribution in [2.24, 2.45) is 34.5 Å². The number of nitrogens with zero attached hydrogens (tertiary/aromatic N) is 4. The summed E-state index contributed by atoms with van der Waals surface area (Å²) in [6.07, 6.45) is 8.13. The normalized spacial score (nSPS) is 52.6. The monoisotopic (exact) mass is 488 g/mol. The van der Waals surface area contributed by atoms with E-state index in [0.29, 0.717) is 29.3 Å². The SMILES string of the molecule is CN1CCN([C@@H]2C[C@H]3[C@@H]4CC[C@H]5C[C@@H](O)[C@@H](N6CCN(C)CC6)C[C@]5(C)[C@H]4CC[C@]3(C)[C@@H]2O)CC1. The van der Waals surface area contributed by atoms with Crippen LogP contribution in [0.5, 0.6) is 0 Å². The van der Waals surface area contributed by atoms with Gasteiger partial charge in [-0.25, -0.2) is 0 Å². The highest BCUT2D eigenvalue weighted by molar-refractivity contribution is 5.14. The molecule has 6 fully saturated rings. The van der Waals surface area contributed by atoms with Crippen LogP contribution in [0.4, 0.5) is 0 Å². The molecule has 0 aromatic heterocycles. The smallest absolute Gasteiger partial charge is 0.0751 e. The molecule has 0 unspecified atom stereocenters. The van der Waals surface area contributed by atoms with E-state index in [0.717, 1.165) is 70.6 Å². The molecule has 10 atom stereocenters. The number of rotatable bonds is 2. The highest BCUT2D eigenvalue weighted by Crippen LogP contribution is 2.66. The Kier molecular flexibility index (Phi) is 6.59. The number of aliphatic hydroxyl groups is 2. The van der Waals surface area contributed by atoms with Crippen LogP contribution in [0.25, 0.3) is 0 Å². The molecule has 6 rings (SSSR count). The summed E-state index contributed by atoms with van der Waals surface area (Å²) in [6.45, 7) is 14.0. The Morgan fingerprint density at radius 2 is 1.26 bits per heavy atom. The summed E-state index contributed by atoms with van der Waals surface area (Å²) >= 11 is 0. The zero-order chi connectivity index (χ0) is 24.5. The van der Waals surface area contributed by atoms with Crippen molar-refractivity contribution in [3.63, 3.8) is 0 Å². The van der Waals surface area contributed by atoms with Crippen molar-refractivity contribution < 1.29 is 10.2 Å². The first-order valence-corrected chi connectivity index (χ1v) is 14.9. The Morgan fingerprint density at radius 1 is 0.657 bits per heavy atom. The predicted molar refractivity (Wildman–Crippen MR) is 140 cm³/mol. The number of likely N-dealkylation sites (N-methyl/N-ethyl adjacent to an activating group) is 2. The molecule has 0 radical (unpaired) electrons. The maximum atomic E-state index is 11.7. The minimum atomic E-state index is -0.173. The molecule has 2 saturated heterocycles. The van der Waals surface area contributed by atoms with Crippen molar-refractivity contribution in [1.29, 1.82) is 0 Å². The van der Waals surface area contributed by atoms with E-state index in [1.54, 1.807) is 0 Å². The minimum absolute atomic E-state index is 0.0867. The fourth-order valence-corrected chi connectivity index (χ4v) is 10.3. The van der Waals surface area contributed by atoms with Crippen LogP contribution in [0, 0.1) is 34.5 Å². The number of piperazine rings is 2.